The molecule has 2 aromatic carbocycles. The highest BCUT2D eigenvalue weighted by Gasteiger charge is 2.36. The van der Waals surface area contributed by atoms with Crippen molar-refractivity contribution in [3.8, 4) is 0 Å². The third kappa shape index (κ3) is 2.88. The van der Waals surface area contributed by atoms with Gasteiger partial charge in [-0.1, -0.05) is 30.3 Å². The van der Waals surface area contributed by atoms with E-state index >= 15 is 0 Å². The number of amides is 1. The van der Waals surface area contributed by atoms with E-state index in [0.717, 1.165) is 17.5 Å². The first-order valence-corrected chi connectivity index (χ1v) is 7.75. The van der Waals surface area contributed by atoms with E-state index in [1.165, 1.54) is 6.07 Å². The van der Waals surface area contributed by atoms with E-state index in [2.05, 4.69) is 5.32 Å². The zero-order valence-corrected chi connectivity index (χ0v) is 13.3. The van der Waals surface area contributed by atoms with Gasteiger partial charge in [-0.05, 0) is 37.0 Å². The fraction of sp³-hybridized carbons (Fsp3) is 0.278. The van der Waals surface area contributed by atoms with E-state index in [1.54, 1.807) is 19.1 Å². The minimum Gasteiger partial charge on any atom is -0.383 e. The van der Waals surface area contributed by atoms with Gasteiger partial charge in [0.15, 0.2) is 0 Å². The average Bonchev–Trinajstić information content (AvgIpc) is 2.91. The van der Waals surface area contributed by atoms with Gasteiger partial charge in [-0.25, -0.2) is 0 Å². The lowest BCUT2D eigenvalue weighted by Gasteiger charge is -2.24. The van der Waals surface area contributed by atoms with Gasteiger partial charge in [0, 0.05) is 17.2 Å². The molecule has 1 atom stereocenters. The number of aliphatic hydroxyl groups is 1. The van der Waals surface area contributed by atoms with Crippen LogP contribution < -0.4 is 5.32 Å². The number of nitro benzene ring substituents is 1. The van der Waals surface area contributed by atoms with Crippen molar-refractivity contribution in [2.75, 3.05) is 6.54 Å². The standard InChI is InChI=1S/C18H18N2O4/c1-12-6-7-14(10-16(12)20(23)24)17(21)19-11-18(22)9-8-13-4-2-3-5-15(13)18/h2-7,10,22H,8-9,11H2,1H3,(H,19,21). The minimum absolute atomic E-state index is 0.0739. The quantitative estimate of drug-likeness (QED) is 0.667. The van der Waals surface area contributed by atoms with Gasteiger partial charge in [0.25, 0.3) is 11.6 Å². The number of aryl methyl sites for hydroxylation is 2. The van der Waals surface area contributed by atoms with E-state index in [1.807, 2.05) is 24.3 Å². The Morgan fingerprint density at radius 1 is 1.33 bits per heavy atom. The number of carbonyl (C=O) groups excluding carboxylic acids is 1. The first-order valence-electron chi connectivity index (χ1n) is 7.75. The third-order valence-electron chi connectivity index (χ3n) is 4.54. The van der Waals surface area contributed by atoms with Gasteiger partial charge in [0.05, 0.1) is 11.5 Å². The van der Waals surface area contributed by atoms with Gasteiger partial charge in [0.2, 0.25) is 0 Å². The highest BCUT2D eigenvalue weighted by Crippen LogP contribution is 2.36. The first-order chi connectivity index (χ1) is 11.4. The molecule has 1 aliphatic carbocycles. The maximum atomic E-state index is 12.3. The number of fused-ring (bicyclic) bond motifs is 1. The maximum absolute atomic E-state index is 12.3. The topological polar surface area (TPSA) is 92.5 Å². The Hall–Kier alpha value is -2.73. The zero-order valence-electron chi connectivity index (χ0n) is 13.3. The predicted molar refractivity (Wildman–Crippen MR) is 88.8 cm³/mol. The molecule has 0 saturated heterocycles. The Morgan fingerprint density at radius 3 is 2.83 bits per heavy atom. The third-order valence-corrected chi connectivity index (χ3v) is 4.54. The summed E-state index contributed by atoms with van der Waals surface area (Å²) in [7, 11) is 0. The fourth-order valence-electron chi connectivity index (χ4n) is 3.13. The van der Waals surface area contributed by atoms with E-state index in [9.17, 15) is 20.0 Å². The Labute approximate surface area is 139 Å². The lowest BCUT2D eigenvalue weighted by atomic mass is 9.96. The van der Waals surface area contributed by atoms with E-state index in [0.29, 0.717) is 12.0 Å². The molecule has 0 spiro atoms. The number of nitro groups is 1. The molecule has 0 bridgehead atoms. The van der Waals surface area contributed by atoms with Gasteiger partial charge < -0.3 is 10.4 Å². The summed E-state index contributed by atoms with van der Waals surface area (Å²) in [4.78, 5) is 22.8. The van der Waals surface area contributed by atoms with Crippen LogP contribution >= 0.6 is 0 Å². The molecule has 24 heavy (non-hydrogen) atoms. The van der Waals surface area contributed by atoms with Crippen molar-refractivity contribution in [1.29, 1.82) is 0 Å². The van der Waals surface area contributed by atoms with Crippen LogP contribution in [0.3, 0.4) is 0 Å². The Bertz CT molecular complexity index is 818. The van der Waals surface area contributed by atoms with Gasteiger partial charge in [-0.2, -0.15) is 0 Å². The van der Waals surface area contributed by atoms with Crippen molar-refractivity contribution in [3.63, 3.8) is 0 Å². The van der Waals surface area contributed by atoms with E-state index < -0.39 is 16.4 Å². The molecule has 0 heterocycles. The molecule has 0 fully saturated rings. The molecule has 0 aliphatic heterocycles. The van der Waals surface area contributed by atoms with Crippen molar-refractivity contribution < 1.29 is 14.8 Å². The second kappa shape index (κ2) is 6.05. The van der Waals surface area contributed by atoms with Crippen LogP contribution in [-0.2, 0) is 12.0 Å². The summed E-state index contributed by atoms with van der Waals surface area (Å²) in [5, 5.41) is 24.5. The van der Waals surface area contributed by atoms with Crippen LogP contribution in [0, 0.1) is 17.0 Å². The number of rotatable bonds is 4. The predicted octanol–water partition coefficient (Wildman–Crippen LogP) is 2.47. The summed E-state index contributed by atoms with van der Waals surface area (Å²) in [5.74, 6) is -0.434. The van der Waals surface area contributed by atoms with Crippen molar-refractivity contribution >= 4 is 11.6 Å². The first kappa shape index (κ1) is 16.1. The van der Waals surface area contributed by atoms with Crippen LogP contribution in [-0.4, -0.2) is 22.5 Å². The van der Waals surface area contributed by atoms with Gasteiger partial charge in [-0.3, -0.25) is 14.9 Å². The minimum atomic E-state index is -1.09. The molecule has 1 amide bonds. The summed E-state index contributed by atoms with van der Waals surface area (Å²) in [6.07, 6.45) is 1.30. The lowest BCUT2D eigenvalue weighted by Crippen LogP contribution is -2.39. The van der Waals surface area contributed by atoms with E-state index in [4.69, 9.17) is 0 Å². The molecule has 2 aromatic rings. The second-order valence-electron chi connectivity index (χ2n) is 6.13. The highest BCUT2D eigenvalue weighted by molar-refractivity contribution is 5.95. The number of hydrogen-bond donors (Lipinski definition) is 2. The molecule has 0 aromatic heterocycles. The number of hydrogen-bond acceptors (Lipinski definition) is 4. The van der Waals surface area contributed by atoms with Crippen molar-refractivity contribution in [3.05, 3.63) is 74.8 Å². The molecular weight excluding hydrogens is 308 g/mol. The van der Waals surface area contributed by atoms with Crippen LogP contribution in [0.5, 0.6) is 0 Å². The van der Waals surface area contributed by atoms with Crippen molar-refractivity contribution in [1.82, 2.24) is 5.32 Å². The van der Waals surface area contributed by atoms with Gasteiger partial charge >= 0.3 is 0 Å². The van der Waals surface area contributed by atoms with Crippen molar-refractivity contribution in [2.24, 2.45) is 0 Å². The van der Waals surface area contributed by atoms with Crippen LogP contribution in [0.15, 0.2) is 42.5 Å². The average molecular weight is 326 g/mol. The zero-order chi connectivity index (χ0) is 17.3. The van der Waals surface area contributed by atoms with Gasteiger partial charge in [-0.15, -0.1) is 0 Å². The smallest absolute Gasteiger partial charge is 0.273 e. The van der Waals surface area contributed by atoms with Crippen LogP contribution in [0.1, 0.15) is 33.5 Å². The molecule has 0 radical (unpaired) electrons. The van der Waals surface area contributed by atoms with Crippen LogP contribution in [0.25, 0.3) is 0 Å². The van der Waals surface area contributed by atoms with Crippen LogP contribution in [0.2, 0.25) is 0 Å². The molecular formula is C18H18N2O4. The van der Waals surface area contributed by atoms with Crippen LogP contribution in [0.4, 0.5) is 5.69 Å². The van der Waals surface area contributed by atoms with E-state index in [-0.39, 0.29) is 17.8 Å². The molecule has 1 aliphatic rings. The molecule has 124 valence electrons. The summed E-state index contributed by atoms with van der Waals surface area (Å²) in [6.45, 7) is 1.70. The molecule has 2 N–H and O–H groups in total. The maximum Gasteiger partial charge on any atom is 0.273 e. The Balaban J connectivity index is 1.75. The van der Waals surface area contributed by atoms with Crippen molar-refractivity contribution in [2.45, 2.75) is 25.4 Å². The number of carbonyl (C=O) groups is 1. The molecule has 6 heteroatoms. The Morgan fingerprint density at radius 2 is 2.08 bits per heavy atom. The second-order valence-corrected chi connectivity index (χ2v) is 6.13. The fourth-order valence-corrected chi connectivity index (χ4v) is 3.13. The summed E-state index contributed by atoms with van der Waals surface area (Å²) >= 11 is 0. The normalized spacial score (nSPS) is 18.9. The van der Waals surface area contributed by atoms with Gasteiger partial charge in [0.1, 0.15) is 5.60 Å². The molecule has 3 rings (SSSR count). The Kier molecular flexibility index (Phi) is 4.07. The number of benzene rings is 2. The number of nitrogens with zero attached hydrogens (tertiary/aromatic N) is 1. The molecule has 0 saturated carbocycles. The summed E-state index contributed by atoms with van der Waals surface area (Å²) in [5.41, 5.74) is 1.44. The largest absolute Gasteiger partial charge is 0.383 e. The monoisotopic (exact) mass is 326 g/mol. The number of nitrogens with one attached hydrogen (secondary N) is 1. The lowest BCUT2D eigenvalue weighted by molar-refractivity contribution is -0.385. The SMILES string of the molecule is Cc1ccc(C(=O)NCC2(O)CCc3ccccc32)cc1[N+](=O)[O-]. The highest BCUT2D eigenvalue weighted by atomic mass is 16.6. The molecule has 1 unspecified atom stereocenters. The summed E-state index contributed by atoms with van der Waals surface area (Å²) < 4.78 is 0. The molecule has 6 nitrogen and oxygen atoms in total. The summed E-state index contributed by atoms with van der Waals surface area (Å²) in [6, 6.07) is 12.0.